The van der Waals surface area contributed by atoms with Gasteiger partial charge in [0.15, 0.2) is 0 Å². The third kappa shape index (κ3) is 4.05. The number of hydrogen-bond donors (Lipinski definition) is 0. The molecule has 9 heteroatoms. The Kier molecular flexibility index (Phi) is 5.76. The molecule has 0 N–H and O–H groups in total. The highest BCUT2D eigenvalue weighted by Gasteiger charge is 2.31. The smallest absolute Gasteiger partial charge is 0.246 e. The summed E-state index contributed by atoms with van der Waals surface area (Å²) in [7, 11) is 1.74. The summed E-state index contributed by atoms with van der Waals surface area (Å²) in [5.41, 5.74) is 0.880. The number of nitrogens with zero attached hydrogens (tertiary/aromatic N) is 5. The standard InChI is InChI=1S/C19H27N5O3S/c1-14-6-7-16(27-5)17(12-14)28(25,26)24-10-8-23(9-11-24)19-13-18(22(3)4)20-15(2)21-19/h6-7,12-13H,8-11H2,1-5H3. The molecule has 0 unspecified atom stereocenters. The van der Waals surface area contributed by atoms with Crippen molar-refractivity contribution in [2.45, 2.75) is 18.7 Å². The van der Waals surface area contributed by atoms with Crippen molar-refractivity contribution in [1.82, 2.24) is 14.3 Å². The van der Waals surface area contributed by atoms with Crippen LogP contribution in [0.15, 0.2) is 29.2 Å². The van der Waals surface area contributed by atoms with Gasteiger partial charge in [0.05, 0.1) is 7.11 Å². The molecular weight excluding hydrogens is 378 g/mol. The lowest BCUT2D eigenvalue weighted by atomic mass is 10.2. The van der Waals surface area contributed by atoms with Gasteiger partial charge in [-0.25, -0.2) is 18.4 Å². The maximum absolute atomic E-state index is 13.2. The molecule has 0 aliphatic carbocycles. The SMILES string of the molecule is COc1ccc(C)cc1S(=O)(=O)N1CCN(c2cc(N(C)C)nc(C)n2)CC1. The summed E-state index contributed by atoms with van der Waals surface area (Å²) in [6.45, 7) is 5.64. The molecule has 0 amide bonds. The van der Waals surface area contributed by atoms with Crippen LogP contribution in [0.5, 0.6) is 5.75 Å². The molecule has 152 valence electrons. The average Bonchev–Trinajstić information content (AvgIpc) is 2.67. The van der Waals surface area contributed by atoms with Crippen molar-refractivity contribution < 1.29 is 13.2 Å². The summed E-state index contributed by atoms with van der Waals surface area (Å²) in [6.07, 6.45) is 0. The van der Waals surface area contributed by atoms with Crippen molar-refractivity contribution in [3.63, 3.8) is 0 Å². The normalized spacial score (nSPS) is 15.5. The summed E-state index contributed by atoms with van der Waals surface area (Å²) in [5, 5.41) is 0. The Morgan fingerprint density at radius 2 is 1.71 bits per heavy atom. The quantitative estimate of drug-likeness (QED) is 0.749. The van der Waals surface area contributed by atoms with E-state index >= 15 is 0 Å². The monoisotopic (exact) mass is 405 g/mol. The van der Waals surface area contributed by atoms with E-state index in [0.29, 0.717) is 37.8 Å². The Labute approximate surface area is 166 Å². The highest BCUT2D eigenvalue weighted by molar-refractivity contribution is 7.89. The van der Waals surface area contributed by atoms with Gasteiger partial charge in [-0.1, -0.05) is 6.07 Å². The van der Waals surface area contributed by atoms with Crippen LogP contribution in [0.1, 0.15) is 11.4 Å². The van der Waals surface area contributed by atoms with Crippen LogP contribution in [0.3, 0.4) is 0 Å². The largest absolute Gasteiger partial charge is 0.495 e. The highest BCUT2D eigenvalue weighted by Crippen LogP contribution is 2.29. The Morgan fingerprint density at radius 1 is 1.04 bits per heavy atom. The minimum atomic E-state index is -3.62. The molecule has 1 aromatic carbocycles. The molecule has 0 bridgehead atoms. The summed E-state index contributed by atoms with van der Waals surface area (Å²) >= 11 is 0. The van der Waals surface area contributed by atoms with Crippen molar-refractivity contribution >= 4 is 21.7 Å². The zero-order valence-electron chi connectivity index (χ0n) is 17.0. The van der Waals surface area contributed by atoms with Crippen LogP contribution >= 0.6 is 0 Å². The lowest BCUT2D eigenvalue weighted by Gasteiger charge is -2.35. The third-order valence-corrected chi connectivity index (χ3v) is 6.69. The van der Waals surface area contributed by atoms with E-state index in [9.17, 15) is 8.42 Å². The molecule has 2 aromatic rings. The number of aromatic nitrogens is 2. The lowest BCUT2D eigenvalue weighted by molar-refractivity contribution is 0.373. The number of benzene rings is 1. The fraction of sp³-hybridized carbons (Fsp3) is 0.474. The topological polar surface area (TPSA) is 78.9 Å². The molecule has 1 aromatic heterocycles. The van der Waals surface area contributed by atoms with E-state index in [1.54, 1.807) is 12.1 Å². The van der Waals surface area contributed by atoms with Crippen LogP contribution in [-0.4, -0.2) is 70.1 Å². The van der Waals surface area contributed by atoms with Gasteiger partial charge in [-0.3, -0.25) is 0 Å². The third-order valence-electron chi connectivity index (χ3n) is 4.77. The van der Waals surface area contributed by atoms with E-state index < -0.39 is 10.0 Å². The first-order chi connectivity index (χ1) is 13.2. The van der Waals surface area contributed by atoms with Crippen molar-refractivity contribution in [2.24, 2.45) is 0 Å². The van der Waals surface area contributed by atoms with Gasteiger partial charge < -0.3 is 14.5 Å². The molecule has 1 aliphatic heterocycles. The number of anilines is 2. The van der Waals surface area contributed by atoms with Crippen LogP contribution in [0.2, 0.25) is 0 Å². The van der Waals surface area contributed by atoms with Crippen LogP contribution < -0.4 is 14.5 Å². The summed E-state index contributed by atoms with van der Waals surface area (Å²) in [4.78, 5) is 13.2. The Balaban J connectivity index is 1.80. The first kappa shape index (κ1) is 20.3. The van der Waals surface area contributed by atoms with E-state index in [4.69, 9.17) is 4.74 Å². The van der Waals surface area contributed by atoms with Crippen LogP contribution in [-0.2, 0) is 10.0 Å². The second kappa shape index (κ2) is 7.92. The molecule has 1 aliphatic rings. The van der Waals surface area contributed by atoms with Crippen LogP contribution in [0, 0.1) is 13.8 Å². The zero-order valence-corrected chi connectivity index (χ0v) is 17.8. The minimum absolute atomic E-state index is 0.219. The number of rotatable bonds is 5. The number of piperazine rings is 1. The Morgan fingerprint density at radius 3 is 2.32 bits per heavy atom. The van der Waals surface area contributed by atoms with E-state index in [-0.39, 0.29) is 4.90 Å². The number of methoxy groups -OCH3 is 1. The molecule has 0 spiro atoms. The Hall–Kier alpha value is -2.39. The lowest BCUT2D eigenvalue weighted by Crippen LogP contribution is -2.49. The molecule has 0 radical (unpaired) electrons. The van der Waals surface area contributed by atoms with Gasteiger partial charge in [0.2, 0.25) is 10.0 Å². The molecular formula is C19H27N5O3S. The molecule has 0 saturated carbocycles. The van der Waals surface area contributed by atoms with Crippen molar-refractivity contribution in [2.75, 3.05) is 57.2 Å². The number of sulfonamides is 1. The number of hydrogen-bond acceptors (Lipinski definition) is 7. The maximum atomic E-state index is 13.2. The zero-order chi connectivity index (χ0) is 20.5. The van der Waals surface area contributed by atoms with Gasteiger partial charge in [-0.15, -0.1) is 0 Å². The summed E-state index contributed by atoms with van der Waals surface area (Å²) in [5.74, 6) is 2.72. The second-order valence-corrected chi connectivity index (χ2v) is 8.98. The maximum Gasteiger partial charge on any atom is 0.246 e. The summed E-state index contributed by atoms with van der Waals surface area (Å²) in [6, 6.07) is 7.14. The number of ether oxygens (including phenoxy) is 1. The Bertz CT molecular complexity index is 954. The van der Waals surface area contributed by atoms with Gasteiger partial charge in [-0.2, -0.15) is 4.31 Å². The van der Waals surface area contributed by atoms with E-state index in [2.05, 4.69) is 14.9 Å². The van der Waals surface area contributed by atoms with Crippen LogP contribution in [0.25, 0.3) is 0 Å². The molecule has 3 rings (SSSR count). The van der Waals surface area contributed by atoms with Gasteiger partial charge in [-0.05, 0) is 31.5 Å². The van der Waals surface area contributed by atoms with Crippen molar-refractivity contribution in [3.8, 4) is 5.75 Å². The van der Waals surface area contributed by atoms with E-state index in [1.165, 1.54) is 11.4 Å². The molecule has 0 atom stereocenters. The highest BCUT2D eigenvalue weighted by atomic mass is 32.2. The predicted molar refractivity (Wildman–Crippen MR) is 110 cm³/mol. The fourth-order valence-corrected chi connectivity index (χ4v) is 4.87. The fourth-order valence-electron chi connectivity index (χ4n) is 3.21. The number of aryl methyl sites for hydroxylation is 2. The van der Waals surface area contributed by atoms with Gasteiger partial charge in [0.25, 0.3) is 0 Å². The molecule has 1 saturated heterocycles. The molecule has 2 heterocycles. The first-order valence-corrected chi connectivity index (χ1v) is 10.6. The van der Waals surface area contributed by atoms with Crippen molar-refractivity contribution in [1.29, 1.82) is 0 Å². The summed E-state index contributed by atoms with van der Waals surface area (Å²) < 4.78 is 33.1. The van der Waals surface area contributed by atoms with Crippen LogP contribution in [0.4, 0.5) is 11.6 Å². The minimum Gasteiger partial charge on any atom is -0.495 e. The van der Waals surface area contributed by atoms with E-state index in [0.717, 1.165) is 17.2 Å². The molecule has 1 fully saturated rings. The van der Waals surface area contributed by atoms with Crippen molar-refractivity contribution in [3.05, 3.63) is 35.7 Å². The van der Waals surface area contributed by atoms with E-state index in [1.807, 2.05) is 45.0 Å². The van der Waals surface area contributed by atoms with Gasteiger partial charge in [0.1, 0.15) is 28.1 Å². The second-order valence-electron chi connectivity index (χ2n) is 7.07. The predicted octanol–water partition coefficient (Wildman–Crippen LogP) is 1.68. The molecule has 28 heavy (non-hydrogen) atoms. The van der Waals surface area contributed by atoms with Gasteiger partial charge in [0, 0.05) is 46.3 Å². The average molecular weight is 406 g/mol. The van der Waals surface area contributed by atoms with Gasteiger partial charge >= 0.3 is 0 Å². The first-order valence-electron chi connectivity index (χ1n) is 9.15. The molecule has 8 nitrogen and oxygen atoms in total.